The second-order valence-electron chi connectivity index (χ2n) is 13.5. The summed E-state index contributed by atoms with van der Waals surface area (Å²) in [7, 11) is -2.92. The number of hydrogen-bond acceptors (Lipinski definition) is 10. The van der Waals surface area contributed by atoms with Gasteiger partial charge in [-0.2, -0.15) is 17.6 Å². The molecule has 3 heterocycles. The Hall–Kier alpha value is -4.64. The summed E-state index contributed by atoms with van der Waals surface area (Å²) in [5, 5.41) is 7.60. The summed E-state index contributed by atoms with van der Waals surface area (Å²) in [4.78, 5) is 24.0. The molecule has 0 saturated carbocycles. The zero-order valence-corrected chi connectivity index (χ0v) is 30.4. The molecule has 0 spiro atoms. The lowest BCUT2D eigenvalue weighted by Gasteiger charge is -2.26. The van der Waals surface area contributed by atoms with Crippen molar-refractivity contribution in [3.05, 3.63) is 72.6 Å². The number of unbranched alkanes of at least 4 members (excludes halogenated alkanes) is 3. The van der Waals surface area contributed by atoms with E-state index < -0.39 is 39.6 Å². The fraction of sp³-hybridized carbons (Fsp3) is 0.457. The molecule has 0 atom stereocenters. The largest absolute Gasteiger partial charge is 0.476 e. The lowest BCUT2D eigenvalue weighted by molar-refractivity contribution is -0.219. The van der Waals surface area contributed by atoms with Crippen molar-refractivity contribution in [2.24, 2.45) is 10.8 Å². The smallest absolute Gasteiger partial charge is 0.397 e. The Morgan fingerprint density at radius 1 is 0.981 bits per heavy atom. The number of sulfonamides is 1. The summed E-state index contributed by atoms with van der Waals surface area (Å²) in [6.07, 6.45) is 3.36. The van der Waals surface area contributed by atoms with Gasteiger partial charge >= 0.3 is 12.1 Å². The molecule has 0 aliphatic heterocycles. The topological polar surface area (TPSA) is 150 Å². The molecule has 2 N–H and O–H groups in total. The van der Waals surface area contributed by atoms with E-state index in [1.165, 1.54) is 24.1 Å². The fourth-order valence-electron chi connectivity index (χ4n) is 5.00. The van der Waals surface area contributed by atoms with Gasteiger partial charge in [0.25, 0.3) is 10.0 Å². The summed E-state index contributed by atoms with van der Waals surface area (Å²) >= 11 is 0. The number of aromatic nitrogens is 5. The predicted octanol–water partition coefficient (Wildman–Crippen LogP) is 6.52. The van der Waals surface area contributed by atoms with Crippen LogP contribution in [0.3, 0.4) is 0 Å². The number of pyridine rings is 1. The van der Waals surface area contributed by atoms with E-state index in [2.05, 4.69) is 30.1 Å². The highest BCUT2D eigenvalue weighted by molar-refractivity contribution is 7.92. The standard InChI is InChI=1S/C35H43F4N7O5S/c1-33(2,32(47)50-5)22-40-17-11-7-6-8-12-24-13-9-10-14-26(24)30-31(46-19-16-29(44-46)51-23-34(3,4)35(37,38)39)42-21-28(43-30)45-52(48,49)25-15-18-41-27(36)20-25/h9-10,13-16,18-21,40H,6-8,11-12,17,22-23H2,1-5H3,(H,43,45). The first-order chi connectivity index (χ1) is 24.4. The first-order valence-corrected chi connectivity index (χ1v) is 18.1. The molecule has 17 heteroatoms. The van der Waals surface area contributed by atoms with Crippen LogP contribution in [0.1, 0.15) is 58.9 Å². The molecule has 3 aromatic heterocycles. The van der Waals surface area contributed by atoms with Crippen LogP contribution in [-0.4, -0.2) is 72.1 Å². The van der Waals surface area contributed by atoms with Crippen LogP contribution >= 0.6 is 0 Å². The summed E-state index contributed by atoms with van der Waals surface area (Å²) in [6, 6.07) is 10.7. The van der Waals surface area contributed by atoms with Crippen LogP contribution in [0, 0.1) is 16.8 Å². The number of rotatable bonds is 18. The second kappa shape index (κ2) is 16.8. The second-order valence-corrected chi connectivity index (χ2v) is 15.2. The molecule has 4 aromatic rings. The zero-order valence-electron chi connectivity index (χ0n) is 29.6. The summed E-state index contributed by atoms with van der Waals surface area (Å²) in [6.45, 7) is 6.27. The molecule has 0 radical (unpaired) electrons. The number of aryl methyl sites for hydroxylation is 1. The van der Waals surface area contributed by atoms with E-state index in [1.54, 1.807) is 12.1 Å². The van der Waals surface area contributed by atoms with E-state index in [4.69, 9.17) is 9.47 Å². The number of alkyl halides is 3. The number of nitrogens with one attached hydrogen (secondary N) is 2. The van der Waals surface area contributed by atoms with Crippen LogP contribution in [0.2, 0.25) is 0 Å². The summed E-state index contributed by atoms with van der Waals surface area (Å²) in [5.74, 6) is -1.33. The van der Waals surface area contributed by atoms with Crippen molar-refractivity contribution in [3.63, 3.8) is 0 Å². The first kappa shape index (κ1) is 40.1. The molecule has 12 nitrogen and oxygen atoms in total. The van der Waals surface area contributed by atoms with Gasteiger partial charge in [0.15, 0.2) is 11.6 Å². The Morgan fingerprint density at radius 2 is 1.71 bits per heavy atom. The molecule has 0 amide bonds. The third kappa shape index (κ3) is 10.5. The number of nitrogens with zero attached hydrogens (tertiary/aromatic N) is 5. The van der Waals surface area contributed by atoms with E-state index >= 15 is 0 Å². The number of halogens is 4. The van der Waals surface area contributed by atoms with Gasteiger partial charge in [0, 0.05) is 36.6 Å². The summed E-state index contributed by atoms with van der Waals surface area (Å²) < 4.78 is 94.1. The van der Waals surface area contributed by atoms with E-state index in [0.717, 1.165) is 76.2 Å². The Balaban J connectivity index is 1.55. The van der Waals surface area contributed by atoms with Gasteiger partial charge in [-0.1, -0.05) is 37.1 Å². The molecule has 0 saturated heterocycles. The molecular formula is C35H43F4N7O5S. The molecule has 4 rings (SSSR count). The van der Waals surface area contributed by atoms with Crippen molar-refractivity contribution in [2.75, 3.05) is 31.5 Å². The van der Waals surface area contributed by atoms with E-state index in [9.17, 15) is 30.8 Å². The van der Waals surface area contributed by atoms with Crippen LogP contribution in [0.25, 0.3) is 17.1 Å². The molecule has 0 bridgehead atoms. The van der Waals surface area contributed by atoms with E-state index in [-0.39, 0.29) is 34.1 Å². The highest BCUT2D eigenvalue weighted by atomic mass is 32.2. The van der Waals surface area contributed by atoms with Crippen LogP contribution in [0.15, 0.2) is 66.0 Å². The number of carbonyl (C=O) groups is 1. The van der Waals surface area contributed by atoms with E-state index in [0.29, 0.717) is 18.5 Å². The SMILES string of the molecule is COC(=O)C(C)(C)CNCCCCCCc1ccccc1-c1nc(NS(=O)(=O)c2ccnc(F)c2)cnc1-n1ccc(OCC(C)(C)C(F)(F)F)n1. The van der Waals surface area contributed by atoms with Crippen LogP contribution in [-0.2, 0) is 26.0 Å². The fourth-order valence-corrected chi connectivity index (χ4v) is 5.99. The molecule has 0 unspecified atom stereocenters. The quantitative estimate of drug-likeness (QED) is 0.0498. The lowest BCUT2D eigenvalue weighted by Crippen LogP contribution is -2.37. The normalized spacial score (nSPS) is 12.5. The van der Waals surface area contributed by atoms with Crippen molar-refractivity contribution in [2.45, 2.75) is 70.9 Å². The number of benzene rings is 1. The number of methoxy groups -OCH3 is 1. The van der Waals surface area contributed by atoms with Gasteiger partial charge in [0.1, 0.15) is 12.3 Å². The predicted molar refractivity (Wildman–Crippen MR) is 186 cm³/mol. The van der Waals surface area contributed by atoms with Gasteiger partial charge in [0.2, 0.25) is 11.8 Å². The Morgan fingerprint density at radius 3 is 2.42 bits per heavy atom. The van der Waals surface area contributed by atoms with Crippen LogP contribution in [0.5, 0.6) is 5.88 Å². The molecule has 0 aliphatic rings. The minimum Gasteiger partial charge on any atom is -0.476 e. The van der Waals surface area contributed by atoms with Crippen molar-refractivity contribution in [3.8, 4) is 23.0 Å². The molecule has 0 fully saturated rings. The highest BCUT2D eigenvalue weighted by Crippen LogP contribution is 2.38. The lowest BCUT2D eigenvalue weighted by atomic mass is 9.94. The van der Waals surface area contributed by atoms with Gasteiger partial charge in [-0.25, -0.2) is 28.1 Å². The third-order valence-corrected chi connectivity index (χ3v) is 9.61. The maximum atomic E-state index is 13.7. The van der Waals surface area contributed by atoms with Crippen LogP contribution < -0.4 is 14.8 Å². The Bertz CT molecular complexity index is 1930. The van der Waals surface area contributed by atoms with Gasteiger partial charge in [-0.15, -0.1) is 5.10 Å². The third-order valence-electron chi connectivity index (χ3n) is 8.26. The molecule has 52 heavy (non-hydrogen) atoms. The van der Waals surface area contributed by atoms with Gasteiger partial charge in [0.05, 0.1) is 29.0 Å². The molecule has 1 aromatic carbocycles. The van der Waals surface area contributed by atoms with Crippen LogP contribution in [0.4, 0.5) is 23.4 Å². The summed E-state index contributed by atoms with van der Waals surface area (Å²) in [5.41, 5.74) is -0.996. The maximum absolute atomic E-state index is 13.7. The average molecular weight is 750 g/mol. The Labute approximate surface area is 300 Å². The molecular weight excluding hydrogens is 706 g/mol. The van der Waals surface area contributed by atoms with Crippen molar-refractivity contribution in [1.29, 1.82) is 0 Å². The highest BCUT2D eigenvalue weighted by Gasteiger charge is 2.48. The minimum absolute atomic E-state index is 0.0776. The average Bonchev–Trinajstić information content (AvgIpc) is 3.56. The first-order valence-electron chi connectivity index (χ1n) is 16.6. The minimum atomic E-state index is -4.50. The van der Waals surface area contributed by atoms with Gasteiger partial charge in [-0.05, 0) is 65.1 Å². The van der Waals surface area contributed by atoms with Crippen molar-refractivity contribution >= 4 is 21.8 Å². The maximum Gasteiger partial charge on any atom is 0.397 e. The number of ether oxygens (including phenoxy) is 2. The zero-order chi connectivity index (χ0) is 38.2. The van der Waals surface area contributed by atoms with Gasteiger partial charge in [-0.3, -0.25) is 9.52 Å². The van der Waals surface area contributed by atoms with E-state index in [1.807, 2.05) is 26.0 Å². The number of hydrogen-bond donors (Lipinski definition) is 2. The number of esters is 1. The van der Waals surface area contributed by atoms with Crippen molar-refractivity contribution in [1.82, 2.24) is 30.0 Å². The van der Waals surface area contributed by atoms with Gasteiger partial charge < -0.3 is 14.8 Å². The molecule has 282 valence electrons. The van der Waals surface area contributed by atoms with Crippen molar-refractivity contribution < 1.29 is 40.2 Å². The molecule has 0 aliphatic carbocycles. The number of carbonyl (C=O) groups excluding carboxylic acids is 1. The monoisotopic (exact) mass is 749 g/mol. The Kier molecular flexibility index (Phi) is 13.0. The number of anilines is 1.